The third-order valence-electron chi connectivity index (χ3n) is 17.9. The van der Waals surface area contributed by atoms with Gasteiger partial charge in [-0.1, -0.05) is 423 Å². The van der Waals surface area contributed by atoms with Crippen molar-refractivity contribution in [3.63, 3.8) is 0 Å². The van der Waals surface area contributed by atoms with E-state index < -0.39 is 12.1 Å². The predicted octanol–water partition coefficient (Wildman–Crippen LogP) is 25.7. The van der Waals surface area contributed by atoms with Crippen LogP contribution in [0.15, 0.2) is 24.3 Å². The molecule has 0 saturated heterocycles. The fourth-order valence-electron chi connectivity index (χ4n) is 12.3. The van der Waals surface area contributed by atoms with Crippen LogP contribution in [0.2, 0.25) is 0 Å². The molecule has 0 spiro atoms. The average Bonchev–Trinajstić information content (AvgIpc) is 3.46. The summed E-state index contributed by atoms with van der Waals surface area (Å²) in [5.41, 5.74) is 0. The summed E-state index contributed by atoms with van der Waals surface area (Å²) in [6.07, 6.45) is 98.8. The molecule has 0 rings (SSSR count). The number of aliphatic hydroxyl groups excluding tert-OH is 2. The van der Waals surface area contributed by atoms with Crippen LogP contribution < -0.4 is 5.32 Å². The Morgan fingerprint density at radius 3 is 0.725 bits per heavy atom. The first kappa shape index (κ1) is 78.9. The monoisotopic (exact) mass is 1120 g/mol. The molecule has 1 amide bonds. The lowest BCUT2D eigenvalue weighted by Crippen LogP contribution is -2.45. The Bertz CT molecular complexity index is 1180. The van der Waals surface area contributed by atoms with Crippen LogP contribution in [0.5, 0.6) is 0 Å². The van der Waals surface area contributed by atoms with Gasteiger partial charge in [0.2, 0.25) is 5.91 Å². The van der Waals surface area contributed by atoms with Crippen LogP contribution in [0.3, 0.4) is 0 Å². The van der Waals surface area contributed by atoms with Crippen molar-refractivity contribution in [2.24, 2.45) is 0 Å². The number of nitrogens with one attached hydrogen (secondary N) is 1. The normalized spacial score (nSPS) is 12.7. The van der Waals surface area contributed by atoms with Crippen molar-refractivity contribution < 1.29 is 15.0 Å². The molecule has 2 unspecified atom stereocenters. The Morgan fingerprint density at radius 2 is 0.487 bits per heavy atom. The Hall–Kier alpha value is -1.13. The molecule has 80 heavy (non-hydrogen) atoms. The molecule has 0 aliphatic heterocycles. The van der Waals surface area contributed by atoms with Crippen molar-refractivity contribution in [2.45, 2.75) is 450 Å². The summed E-state index contributed by atoms with van der Waals surface area (Å²) < 4.78 is 0. The Morgan fingerprint density at radius 1 is 0.287 bits per heavy atom. The van der Waals surface area contributed by atoms with Crippen molar-refractivity contribution in [1.82, 2.24) is 5.32 Å². The van der Waals surface area contributed by atoms with Crippen molar-refractivity contribution in [2.75, 3.05) is 6.61 Å². The zero-order valence-electron chi connectivity index (χ0n) is 55.1. The second-order valence-electron chi connectivity index (χ2n) is 26.1. The molecule has 0 aliphatic rings. The molecule has 0 saturated carbocycles. The van der Waals surface area contributed by atoms with E-state index in [4.69, 9.17) is 0 Å². The lowest BCUT2D eigenvalue weighted by atomic mass is 10.0. The minimum Gasteiger partial charge on any atom is -0.394 e. The highest BCUT2D eigenvalue weighted by molar-refractivity contribution is 5.76. The van der Waals surface area contributed by atoms with E-state index in [0.29, 0.717) is 6.42 Å². The summed E-state index contributed by atoms with van der Waals surface area (Å²) in [5, 5.41) is 23.3. The van der Waals surface area contributed by atoms with Gasteiger partial charge < -0.3 is 15.5 Å². The van der Waals surface area contributed by atoms with E-state index in [-0.39, 0.29) is 12.5 Å². The highest BCUT2D eigenvalue weighted by Gasteiger charge is 2.18. The van der Waals surface area contributed by atoms with Crippen LogP contribution in [-0.4, -0.2) is 34.9 Å². The van der Waals surface area contributed by atoms with Crippen LogP contribution in [0, 0.1) is 0 Å². The second kappa shape index (κ2) is 72.1. The number of rotatable bonds is 71. The van der Waals surface area contributed by atoms with E-state index in [0.717, 1.165) is 32.1 Å². The third-order valence-corrected chi connectivity index (χ3v) is 17.9. The summed E-state index contributed by atoms with van der Waals surface area (Å²) in [6, 6.07) is -0.638. The van der Waals surface area contributed by atoms with E-state index in [9.17, 15) is 15.0 Å². The molecular weight excluding hydrogens is 975 g/mol. The number of carbonyl (C=O) groups excluding carboxylic acids is 1. The number of carbonyl (C=O) groups is 1. The van der Waals surface area contributed by atoms with Crippen LogP contribution >= 0.6 is 0 Å². The number of unbranched alkanes of at least 4 members (excludes halogenated alkanes) is 62. The summed E-state index contributed by atoms with van der Waals surface area (Å²) in [5.74, 6) is -0.0634. The molecule has 0 aromatic heterocycles. The molecule has 0 aliphatic carbocycles. The van der Waals surface area contributed by atoms with Crippen molar-refractivity contribution >= 4 is 5.91 Å². The van der Waals surface area contributed by atoms with Gasteiger partial charge in [-0.3, -0.25) is 4.79 Å². The van der Waals surface area contributed by atoms with E-state index in [2.05, 4.69) is 31.3 Å². The summed E-state index contributed by atoms with van der Waals surface area (Å²) in [7, 11) is 0. The predicted molar refractivity (Wildman–Crippen MR) is 359 cm³/mol. The van der Waals surface area contributed by atoms with Gasteiger partial charge in [-0.15, -0.1) is 0 Å². The first-order chi connectivity index (χ1) is 39.7. The molecular formula is C76H149NO3. The maximum Gasteiger partial charge on any atom is 0.220 e. The average molecular weight is 1130 g/mol. The molecule has 0 fully saturated rings. The van der Waals surface area contributed by atoms with Crippen molar-refractivity contribution in [3.8, 4) is 0 Å². The van der Waals surface area contributed by atoms with Gasteiger partial charge in [0.05, 0.1) is 18.8 Å². The minimum atomic E-state index is -0.862. The van der Waals surface area contributed by atoms with Gasteiger partial charge in [0.25, 0.3) is 0 Å². The third kappa shape index (κ3) is 67.7. The van der Waals surface area contributed by atoms with E-state index in [1.807, 2.05) is 6.08 Å². The lowest BCUT2D eigenvalue weighted by molar-refractivity contribution is -0.123. The number of allylic oxidation sites excluding steroid dienone is 3. The zero-order chi connectivity index (χ0) is 57.6. The highest BCUT2D eigenvalue weighted by Crippen LogP contribution is 2.20. The van der Waals surface area contributed by atoms with E-state index in [1.54, 1.807) is 6.08 Å². The van der Waals surface area contributed by atoms with Gasteiger partial charge in [0.1, 0.15) is 0 Å². The fraction of sp³-hybridized carbons (Fsp3) is 0.934. The molecule has 0 radical (unpaired) electrons. The minimum absolute atomic E-state index is 0.0634. The molecule has 4 nitrogen and oxygen atoms in total. The molecule has 0 heterocycles. The molecule has 476 valence electrons. The SMILES string of the molecule is CCCCCCCCCCCCCCCCCCCCCCCC/C=C/CC/C=C/C(O)C(CO)NC(=O)CCCCCCCCCCCCCCCCCCCCCCCCCCCCCCCCCCCCCCCCCC. The van der Waals surface area contributed by atoms with Gasteiger partial charge >= 0.3 is 0 Å². The maximum absolute atomic E-state index is 12.5. The Balaban J connectivity index is 3.39. The molecule has 2 atom stereocenters. The van der Waals surface area contributed by atoms with Crippen LogP contribution in [0.1, 0.15) is 438 Å². The number of hydrogen-bond acceptors (Lipinski definition) is 3. The van der Waals surface area contributed by atoms with Gasteiger partial charge in [-0.05, 0) is 32.1 Å². The van der Waals surface area contributed by atoms with Crippen LogP contribution in [0.4, 0.5) is 0 Å². The topological polar surface area (TPSA) is 69.6 Å². The van der Waals surface area contributed by atoms with Crippen LogP contribution in [0.25, 0.3) is 0 Å². The smallest absolute Gasteiger partial charge is 0.220 e. The summed E-state index contributed by atoms with van der Waals surface area (Å²) in [6.45, 7) is 4.36. The number of aliphatic hydroxyl groups is 2. The highest BCUT2D eigenvalue weighted by atomic mass is 16.3. The Kier molecular flexibility index (Phi) is 71.1. The summed E-state index contributed by atoms with van der Waals surface area (Å²) in [4.78, 5) is 12.5. The number of hydrogen-bond donors (Lipinski definition) is 3. The lowest BCUT2D eigenvalue weighted by Gasteiger charge is -2.19. The van der Waals surface area contributed by atoms with Crippen molar-refractivity contribution in [3.05, 3.63) is 24.3 Å². The van der Waals surface area contributed by atoms with Gasteiger partial charge in [0, 0.05) is 6.42 Å². The quantitative estimate of drug-likeness (QED) is 0.0420. The fourth-order valence-corrected chi connectivity index (χ4v) is 12.3. The standard InChI is InChI=1S/C76H149NO3/c1-3-5-7-9-11-13-15-17-19-21-23-25-27-29-31-33-34-35-36-37-38-39-40-41-42-43-44-46-48-50-52-54-56-58-60-62-64-66-68-70-72-76(80)77-74(73-78)75(79)71-69-67-65-63-61-59-57-55-53-51-49-47-45-32-30-28-26-24-22-20-18-16-14-12-10-8-6-4-2/h61,63,69,71,74-75,78-79H,3-60,62,64-68,70,72-73H2,1-2H3,(H,77,80)/b63-61+,71-69+. The molecule has 0 bridgehead atoms. The molecule has 3 N–H and O–H groups in total. The van der Waals surface area contributed by atoms with Gasteiger partial charge in [0.15, 0.2) is 0 Å². The Labute approximate surface area is 504 Å². The summed E-state index contributed by atoms with van der Waals surface area (Å²) >= 11 is 0. The van der Waals surface area contributed by atoms with Gasteiger partial charge in [-0.2, -0.15) is 0 Å². The van der Waals surface area contributed by atoms with Gasteiger partial charge in [-0.25, -0.2) is 0 Å². The first-order valence-corrected chi connectivity index (χ1v) is 37.6. The van der Waals surface area contributed by atoms with E-state index >= 15 is 0 Å². The molecule has 0 aromatic carbocycles. The molecule has 0 aromatic rings. The molecule has 4 heteroatoms. The van der Waals surface area contributed by atoms with Crippen LogP contribution in [-0.2, 0) is 4.79 Å². The van der Waals surface area contributed by atoms with E-state index in [1.165, 1.54) is 385 Å². The second-order valence-corrected chi connectivity index (χ2v) is 26.1. The maximum atomic E-state index is 12.5. The number of amides is 1. The van der Waals surface area contributed by atoms with Crippen molar-refractivity contribution in [1.29, 1.82) is 0 Å². The zero-order valence-corrected chi connectivity index (χ0v) is 55.1. The first-order valence-electron chi connectivity index (χ1n) is 37.6. The largest absolute Gasteiger partial charge is 0.394 e.